The van der Waals surface area contributed by atoms with Crippen molar-refractivity contribution < 1.29 is 14.4 Å². The molecule has 0 saturated heterocycles. The Morgan fingerprint density at radius 3 is 2.37 bits per heavy atom. The van der Waals surface area contributed by atoms with E-state index in [1.165, 1.54) is 10.7 Å². The molecule has 3 aromatic carbocycles. The zero-order chi connectivity index (χ0) is 25.3. The lowest BCUT2D eigenvalue weighted by atomic mass is 10.2. The Balaban J connectivity index is 1.64. The molecule has 7 nitrogen and oxygen atoms in total. The molecule has 0 unspecified atom stereocenters. The van der Waals surface area contributed by atoms with Gasteiger partial charge in [-0.05, 0) is 61.0 Å². The fraction of sp³-hybridized carbons (Fsp3) is 0.0417. The molecule has 11 heteroatoms. The van der Waals surface area contributed by atoms with Gasteiger partial charge in [-0.25, -0.2) is 4.68 Å². The molecule has 0 aliphatic rings. The second-order valence-electron chi connectivity index (χ2n) is 7.48. The van der Waals surface area contributed by atoms with E-state index in [9.17, 15) is 14.4 Å². The number of nitrogens with one attached hydrogen (secondary N) is 3. The van der Waals surface area contributed by atoms with Gasteiger partial charge in [0.25, 0.3) is 5.91 Å². The molecule has 3 amide bonds. The number of halogens is 4. The summed E-state index contributed by atoms with van der Waals surface area (Å²) in [4.78, 5) is 38.5. The minimum absolute atomic E-state index is 0.0942. The van der Waals surface area contributed by atoms with Crippen LogP contribution in [-0.4, -0.2) is 22.4 Å². The Hall–Kier alpha value is -3.04. The van der Waals surface area contributed by atoms with Gasteiger partial charge in [-0.15, -0.1) is 0 Å². The maximum Gasteiger partial charge on any atom is 0.328 e. The van der Waals surface area contributed by atoms with Crippen molar-refractivity contribution in [2.45, 2.75) is 6.92 Å². The van der Waals surface area contributed by atoms with Crippen molar-refractivity contribution in [2.75, 3.05) is 16.1 Å². The number of carbonyl (C=O) groups excluding carboxylic acids is 3. The van der Waals surface area contributed by atoms with Gasteiger partial charge in [0.1, 0.15) is 5.69 Å². The van der Waals surface area contributed by atoms with Crippen LogP contribution in [-0.2, 0) is 9.59 Å². The summed E-state index contributed by atoms with van der Waals surface area (Å²) < 4.78 is 2.02. The largest absolute Gasteiger partial charge is 0.328 e. The molecule has 4 aromatic rings. The molecule has 0 saturated carbocycles. The van der Waals surface area contributed by atoms with Crippen LogP contribution in [0.1, 0.15) is 16.1 Å². The van der Waals surface area contributed by atoms with E-state index in [0.29, 0.717) is 21.6 Å². The lowest BCUT2D eigenvalue weighted by Crippen LogP contribution is -2.36. The fourth-order valence-corrected chi connectivity index (χ4v) is 4.18. The van der Waals surface area contributed by atoms with Gasteiger partial charge in [-0.3, -0.25) is 19.8 Å². The average Bonchev–Trinajstić information content (AvgIpc) is 3.16. The molecule has 1 aromatic heterocycles. The molecule has 0 spiro atoms. The maximum absolute atomic E-state index is 13.1. The van der Waals surface area contributed by atoms with Crippen molar-refractivity contribution in [3.63, 3.8) is 0 Å². The second kappa shape index (κ2) is 10.3. The molecule has 178 valence electrons. The topological polar surface area (TPSA) is 92.2 Å². The molecule has 0 fully saturated rings. The number of rotatable bonds is 4. The van der Waals surface area contributed by atoms with E-state index in [4.69, 9.17) is 34.8 Å². The van der Waals surface area contributed by atoms with Crippen molar-refractivity contribution in [1.29, 1.82) is 0 Å². The van der Waals surface area contributed by atoms with Crippen molar-refractivity contribution in [1.82, 2.24) is 4.68 Å². The van der Waals surface area contributed by atoms with Crippen LogP contribution < -0.4 is 16.1 Å². The number of aromatic nitrogens is 1. The Morgan fingerprint density at radius 1 is 0.857 bits per heavy atom. The van der Waals surface area contributed by atoms with Crippen LogP contribution >= 0.6 is 50.7 Å². The SMILES string of the molecule is Cc1ccc(NC(=O)c2cc3cc(Br)ccc3n2NC(=O)C(=O)Nc2cccc(Cl)c2Cl)cc1Cl. The van der Waals surface area contributed by atoms with Gasteiger partial charge in [0.2, 0.25) is 0 Å². The zero-order valence-electron chi connectivity index (χ0n) is 18.0. The van der Waals surface area contributed by atoms with Crippen LogP contribution in [0, 0.1) is 6.92 Å². The lowest BCUT2D eigenvalue weighted by molar-refractivity contribution is -0.133. The number of anilines is 2. The van der Waals surface area contributed by atoms with Gasteiger partial charge in [0, 0.05) is 20.6 Å². The molecule has 0 atom stereocenters. The summed E-state index contributed by atoms with van der Waals surface area (Å²) in [5.74, 6) is -2.53. The summed E-state index contributed by atoms with van der Waals surface area (Å²) in [6.45, 7) is 1.85. The normalized spacial score (nSPS) is 10.8. The molecule has 4 rings (SSSR count). The van der Waals surface area contributed by atoms with Crippen molar-refractivity contribution in [3.05, 3.63) is 91.5 Å². The molecular formula is C24H16BrCl3N4O3. The highest BCUT2D eigenvalue weighted by atomic mass is 79.9. The third-order valence-electron chi connectivity index (χ3n) is 5.05. The summed E-state index contributed by atoms with van der Waals surface area (Å²) in [6, 6.07) is 16.6. The van der Waals surface area contributed by atoms with E-state index >= 15 is 0 Å². The van der Waals surface area contributed by atoms with E-state index in [-0.39, 0.29) is 21.4 Å². The first-order chi connectivity index (χ1) is 16.6. The smallest absolute Gasteiger partial charge is 0.321 e. The highest BCUT2D eigenvalue weighted by molar-refractivity contribution is 9.10. The number of benzene rings is 3. The summed E-state index contributed by atoms with van der Waals surface area (Å²) in [5.41, 5.74) is 4.59. The number of nitrogens with zero attached hydrogens (tertiary/aromatic N) is 1. The molecule has 35 heavy (non-hydrogen) atoms. The van der Waals surface area contributed by atoms with E-state index < -0.39 is 17.7 Å². The summed E-state index contributed by atoms with van der Waals surface area (Å²) >= 11 is 21.6. The molecule has 0 aliphatic carbocycles. The third kappa shape index (κ3) is 5.46. The van der Waals surface area contributed by atoms with Crippen LogP contribution in [0.5, 0.6) is 0 Å². The van der Waals surface area contributed by atoms with Crippen LogP contribution in [0.4, 0.5) is 11.4 Å². The van der Waals surface area contributed by atoms with Gasteiger partial charge in [0.05, 0.1) is 21.2 Å². The lowest BCUT2D eigenvalue weighted by Gasteiger charge is -2.13. The first kappa shape index (κ1) is 25.1. The number of carbonyl (C=O) groups is 3. The minimum atomic E-state index is -1.02. The highest BCUT2D eigenvalue weighted by Crippen LogP contribution is 2.29. The Labute approximate surface area is 223 Å². The second-order valence-corrected chi connectivity index (χ2v) is 9.59. The Bertz CT molecular complexity index is 1500. The predicted molar refractivity (Wildman–Crippen MR) is 143 cm³/mol. The quantitative estimate of drug-likeness (QED) is 0.232. The highest BCUT2D eigenvalue weighted by Gasteiger charge is 2.22. The Kier molecular flexibility index (Phi) is 7.37. The van der Waals surface area contributed by atoms with Crippen molar-refractivity contribution >= 4 is 90.7 Å². The molecule has 1 heterocycles. The summed E-state index contributed by atoms with van der Waals surface area (Å²) in [6.07, 6.45) is 0. The van der Waals surface area contributed by atoms with Crippen LogP contribution in [0.2, 0.25) is 15.1 Å². The van der Waals surface area contributed by atoms with E-state index in [1.54, 1.807) is 54.6 Å². The summed E-state index contributed by atoms with van der Waals surface area (Å²) in [7, 11) is 0. The van der Waals surface area contributed by atoms with Gasteiger partial charge < -0.3 is 10.6 Å². The number of amides is 3. The van der Waals surface area contributed by atoms with Crippen LogP contribution in [0.3, 0.4) is 0 Å². The van der Waals surface area contributed by atoms with Crippen molar-refractivity contribution in [2.24, 2.45) is 0 Å². The fourth-order valence-electron chi connectivity index (χ4n) is 3.27. The molecular weight excluding hydrogens is 579 g/mol. The minimum Gasteiger partial charge on any atom is -0.321 e. The van der Waals surface area contributed by atoms with Crippen LogP contribution in [0.15, 0.2) is 65.1 Å². The zero-order valence-corrected chi connectivity index (χ0v) is 21.8. The predicted octanol–water partition coefficient (Wildman–Crippen LogP) is 6.63. The first-order valence-corrected chi connectivity index (χ1v) is 12.0. The average molecular weight is 595 g/mol. The summed E-state index contributed by atoms with van der Waals surface area (Å²) in [5, 5.41) is 6.65. The van der Waals surface area contributed by atoms with E-state index in [1.807, 2.05) is 6.92 Å². The van der Waals surface area contributed by atoms with E-state index in [2.05, 4.69) is 32.0 Å². The number of hydrogen-bond acceptors (Lipinski definition) is 3. The van der Waals surface area contributed by atoms with Crippen LogP contribution in [0.25, 0.3) is 10.9 Å². The van der Waals surface area contributed by atoms with Gasteiger partial charge in [-0.2, -0.15) is 0 Å². The number of fused-ring (bicyclic) bond motifs is 1. The Morgan fingerprint density at radius 2 is 1.63 bits per heavy atom. The number of hydrogen-bond donors (Lipinski definition) is 3. The molecule has 0 bridgehead atoms. The monoisotopic (exact) mass is 592 g/mol. The first-order valence-electron chi connectivity index (χ1n) is 10.1. The molecule has 0 aliphatic heterocycles. The van der Waals surface area contributed by atoms with Gasteiger partial charge in [-0.1, -0.05) is 62.9 Å². The maximum atomic E-state index is 13.1. The molecule has 3 N–H and O–H groups in total. The molecule has 0 radical (unpaired) electrons. The van der Waals surface area contributed by atoms with E-state index in [0.717, 1.165) is 10.0 Å². The van der Waals surface area contributed by atoms with Gasteiger partial charge >= 0.3 is 11.8 Å². The standard InChI is InChI=1S/C24H16BrCl3N4O3/c1-12-5-7-15(11-17(12)27)29-22(33)20-10-13-9-14(25)6-8-19(13)32(20)31-24(35)23(34)30-18-4-2-3-16(26)21(18)28/h2-11H,1H3,(H,29,33)(H,30,34)(H,31,35). The third-order valence-corrected chi connectivity index (χ3v) is 6.76. The van der Waals surface area contributed by atoms with Gasteiger partial charge in [0.15, 0.2) is 0 Å². The van der Waals surface area contributed by atoms with Crippen molar-refractivity contribution in [3.8, 4) is 0 Å². The number of aryl methyl sites for hydroxylation is 1.